The van der Waals surface area contributed by atoms with E-state index in [0.717, 1.165) is 12.6 Å². The largest absolute Gasteiger partial charge is 0.327 e. The molecular formula is C13H28N2. The Kier molecular flexibility index (Phi) is 6.26. The summed E-state index contributed by atoms with van der Waals surface area (Å²) < 4.78 is 0. The lowest BCUT2D eigenvalue weighted by Gasteiger charge is -2.35. The van der Waals surface area contributed by atoms with Gasteiger partial charge in [0.2, 0.25) is 0 Å². The van der Waals surface area contributed by atoms with E-state index in [2.05, 4.69) is 18.7 Å². The fourth-order valence-corrected chi connectivity index (χ4v) is 2.75. The first-order chi connectivity index (χ1) is 7.27. The van der Waals surface area contributed by atoms with Crippen LogP contribution in [0.5, 0.6) is 0 Å². The minimum absolute atomic E-state index is 0.386. The zero-order valence-corrected chi connectivity index (χ0v) is 10.5. The molecule has 0 spiro atoms. The molecule has 0 aliphatic heterocycles. The first kappa shape index (κ1) is 13.0. The standard InChI is InChI=1S/C13H28N2/c1-3-8-12(14)11-15(4-2)13-9-6-5-7-10-13/h12-13H,3-11,14H2,1-2H3/t12-/m1/s1. The summed E-state index contributed by atoms with van der Waals surface area (Å²) in [6.45, 7) is 6.76. The second-order valence-electron chi connectivity index (χ2n) is 4.93. The van der Waals surface area contributed by atoms with Crippen molar-refractivity contribution in [2.24, 2.45) is 5.73 Å². The normalized spacial score (nSPS) is 20.8. The lowest BCUT2D eigenvalue weighted by atomic mass is 9.93. The van der Waals surface area contributed by atoms with E-state index >= 15 is 0 Å². The van der Waals surface area contributed by atoms with Gasteiger partial charge in [0.15, 0.2) is 0 Å². The summed E-state index contributed by atoms with van der Waals surface area (Å²) in [4.78, 5) is 2.61. The van der Waals surface area contributed by atoms with E-state index in [4.69, 9.17) is 5.73 Å². The fourth-order valence-electron chi connectivity index (χ4n) is 2.75. The molecule has 1 aliphatic rings. The topological polar surface area (TPSA) is 29.3 Å². The molecule has 1 fully saturated rings. The molecule has 1 saturated carbocycles. The van der Waals surface area contributed by atoms with Crippen LogP contribution in [0, 0.1) is 0 Å². The fraction of sp³-hybridized carbons (Fsp3) is 1.00. The van der Waals surface area contributed by atoms with Crippen molar-refractivity contribution >= 4 is 0 Å². The minimum Gasteiger partial charge on any atom is -0.327 e. The lowest BCUT2D eigenvalue weighted by Crippen LogP contribution is -2.44. The summed E-state index contributed by atoms with van der Waals surface area (Å²) in [5, 5.41) is 0. The van der Waals surface area contributed by atoms with Crippen LogP contribution in [0.15, 0.2) is 0 Å². The summed E-state index contributed by atoms with van der Waals surface area (Å²) in [5.41, 5.74) is 6.13. The highest BCUT2D eigenvalue weighted by atomic mass is 15.2. The maximum Gasteiger partial charge on any atom is 0.0167 e. The molecule has 0 heterocycles. The van der Waals surface area contributed by atoms with Crippen LogP contribution in [0.4, 0.5) is 0 Å². The Morgan fingerprint density at radius 2 is 1.87 bits per heavy atom. The molecule has 0 aromatic rings. The van der Waals surface area contributed by atoms with E-state index in [1.54, 1.807) is 0 Å². The molecule has 1 rings (SSSR count). The highest BCUT2D eigenvalue weighted by Gasteiger charge is 2.20. The number of likely N-dealkylation sites (N-methyl/N-ethyl adjacent to an activating group) is 1. The predicted octanol–water partition coefficient (Wildman–Crippen LogP) is 2.77. The summed E-state index contributed by atoms with van der Waals surface area (Å²) in [6, 6.07) is 1.21. The molecule has 2 N–H and O–H groups in total. The molecule has 0 bridgehead atoms. The monoisotopic (exact) mass is 212 g/mol. The maximum absolute atomic E-state index is 6.13. The number of hydrogen-bond acceptors (Lipinski definition) is 2. The van der Waals surface area contributed by atoms with Gasteiger partial charge in [-0.3, -0.25) is 4.90 Å². The Bertz CT molecular complexity index is 153. The van der Waals surface area contributed by atoms with Crippen LogP contribution in [0.3, 0.4) is 0 Å². The van der Waals surface area contributed by atoms with Gasteiger partial charge in [-0.2, -0.15) is 0 Å². The van der Waals surface area contributed by atoms with E-state index in [-0.39, 0.29) is 0 Å². The molecule has 0 aromatic carbocycles. The first-order valence-corrected chi connectivity index (χ1v) is 6.77. The summed E-state index contributed by atoms with van der Waals surface area (Å²) >= 11 is 0. The molecule has 0 radical (unpaired) electrons. The quantitative estimate of drug-likeness (QED) is 0.733. The third kappa shape index (κ3) is 4.52. The smallest absolute Gasteiger partial charge is 0.0167 e. The van der Waals surface area contributed by atoms with Crippen molar-refractivity contribution in [3.8, 4) is 0 Å². The van der Waals surface area contributed by atoms with E-state index in [0.29, 0.717) is 6.04 Å². The SMILES string of the molecule is CCC[C@@H](N)CN(CC)C1CCCCC1. The predicted molar refractivity (Wildman–Crippen MR) is 67.0 cm³/mol. The minimum atomic E-state index is 0.386. The molecule has 1 atom stereocenters. The molecule has 15 heavy (non-hydrogen) atoms. The van der Waals surface area contributed by atoms with Crippen molar-refractivity contribution in [2.45, 2.75) is 70.9 Å². The van der Waals surface area contributed by atoms with Crippen molar-refractivity contribution < 1.29 is 0 Å². The molecule has 1 aliphatic carbocycles. The van der Waals surface area contributed by atoms with E-state index < -0.39 is 0 Å². The van der Waals surface area contributed by atoms with Crippen molar-refractivity contribution in [1.82, 2.24) is 4.90 Å². The van der Waals surface area contributed by atoms with Crippen LogP contribution in [-0.2, 0) is 0 Å². The molecule has 2 nitrogen and oxygen atoms in total. The van der Waals surface area contributed by atoms with Gasteiger partial charge in [0.05, 0.1) is 0 Å². The Morgan fingerprint density at radius 3 is 2.40 bits per heavy atom. The van der Waals surface area contributed by atoms with Gasteiger partial charge in [0, 0.05) is 18.6 Å². The summed E-state index contributed by atoms with van der Waals surface area (Å²) in [7, 11) is 0. The zero-order valence-electron chi connectivity index (χ0n) is 10.5. The number of hydrogen-bond donors (Lipinski definition) is 1. The van der Waals surface area contributed by atoms with E-state index in [1.165, 1.54) is 51.5 Å². The average Bonchev–Trinajstić information content (AvgIpc) is 2.27. The highest BCUT2D eigenvalue weighted by Crippen LogP contribution is 2.22. The van der Waals surface area contributed by atoms with Gasteiger partial charge in [-0.05, 0) is 25.8 Å². The van der Waals surface area contributed by atoms with Crippen molar-refractivity contribution in [3.05, 3.63) is 0 Å². The van der Waals surface area contributed by atoms with Gasteiger partial charge >= 0.3 is 0 Å². The molecule has 0 unspecified atom stereocenters. The molecule has 0 saturated heterocycles. The van der Waals surface area contributed by atoms with Crippen molar-refractivity contribution in [3.63, 3.8) is 0 Å². The van der Waals surface area contributed by atoms with E-state index in [1.807, 2.05) is 0 Å². The van der Waals surface area contributed by atoms with Crippen LogP contribution in [0.2, 0.25) is 0 Å². The molecule has 0 amide bonds. The van der Waals surface area contributed by atoms with Crippen LogP contribution >= 0.6 is 0 Å². The Labute approximate surface area is 95.2 Å². The van der Waals surface area contributed by atoms with Crippen LogP contribution < -0.4 is 5.73 Å². The summed E-state index contributed by atoms with van der Waals surface area (Å²) in [6.07, 6.45) is 9.45. The van der Waals surface area contributed by atoms with Crippen molar-refractivity contribution in [2.75, 3.05) is 13.1 Å². The van der Waals surface area contributed by atoms with Gasteiger partial charge in [-0.15, -0.1) is 0 Å². The Morgan fingerprint density at radius 1 is 1.20 bits per heavy atom. The number of nitrogens with two attached hydrogens (primary N) is 1. The number of nitrogens with zero attached hydrogens (tertiary/aromatic N) is 1. The van der Waals surface area contributed by atoms with Gasteiger partial charge < -0.3 is 5.73 Å². The van der Waals surface area contributed by atoms with Gasteiger partial charge in [0.1, 0.15) is 0 Å². The summed E-state index contributed by atoms with van der Waals surface area (Å²) in [5.74, 6) is 0. The average molecular weight is 212 g/mol. The van der Waals surface area contributed by atoms with Gasteiger partial charge in [-0.1, -0.05) is 39.5 Å². The molecule has 90 valence electrons. The highest BCUT2D eigenvalue weighted by molar-refractivity contribution is 4.78. The zero-order chi connectivity index (χ0) is 11.1. The van der Waals surface area contributed by atoms with E-state index in [9.17, 15) is 0 Å². The second-order valence-corrected chi connectivity index (χ2v) is 4.93. The lowest BCUT2D eigenvalue weighted by molar-refractivity contribution is 0.153. The van der Waals surface area contributed by atoms with Gasteiger partial charge in [-0.25, -0.2) is 0 Å². The molecular weight excluding hydrogens is 184 g/mol. The molecule has 2 heteroatoms. The van der Waals surface area contributed by atoms with Crippen molar-refractivity contribution in [1.29, 1.82) is 0 Å². The molecule has 0 aromatic heterocycles. The number of rotatable bonds is 6. The van der Waals surface area contributed by atoms with Gasteiger partial charge in [0.25, 0.3) is 0 Å². The van der Waals surface area contributed by atoms with Crippen LogP contribution in [-0.4, -0.2) is 30.1 Å². The Balaban J connectivity index is 2.32. The van der Waals surface area contributed by atoms with Crippen LogP contribution in [0.25, 0.3) is 0 Å². The first-order valence-electron chi connectivity index (χ1n) is 6.77. The second kappa shape index (κ2) is 7.24. The van der Waals surface area contributed by atoms with Crippen LogP contribution in [0.1, 0.15) is 58.8 Å². The Hall–Kier alpha value is -0.0800. The third-order valence-corrected chi connectivity index (χ3v) is 3.63. The maximum atomic E-state index is 6.13. The third-order valence-electron chi connectivity index (χ3n) is 3.63.